The minimum Gasteiger partial charge on any atom is -0.494 e. The van der Waals surface area contributed by atoms with Gasteiger partial charge >= 0.3 is 5.69 Å². The number of carbonyl (C=O) groups is 1. The molecule has 0 unspecified atom stereocenters. The Kier molecular flexibility index (Phi) is 7.25. The van der Waals surface area contributed by atoms with Gasteiger partial charge in [0.2, 0.25) is 5.91 Å². The quantitative estimate of drug-likeness (QED) is 0.531. The molecule has 0 saturated heterocycles. The predicted molar refractivity (Wildman–Crippen MR) is 119 cm³/mol. The third-order valence-electron chi connectivity index (χ3n) is 5.01. The molecule has 1 N–H and O–H groups in total. The molecule has 0 saturated carbocycles. The molecule has 0 aliphatic heterocycles. The molecule has 164 valence electrons. The van der Waals surface area contributed by atoms with E-state index in [9.17, 15) is 14.4 Å². The lowest BCUT2D eigenvalue weighted by Crippen LogP contribution is -2.44. The molecule has 0 bridgehead atoms. The van der Waals surface area contributed by atoms with Gasteiger partial charge in [0.15, 0.2) is 0 Å². The summed E-state index contributed by atoms with van der Waals surface area (Å²) in [5.74, 6) is 0.341. The molecule has 0 aliphatic carbocycles. The van der Waals surface area contributed by atoms with Crippen LogP contribution in [-0.2, 0) is 9.53 Å². The van der Waals surface area contributed by atoms with Gasteiger partial charge in [-0.2, -0.15) is 0 Å². The van der Waals surface area contributed by atoms with Crippen LogP contribution in [0, 0.1) is 0 Å². The highest BCUT2D eigenvalue weighted by Gasteiger charge is 2.24. The first kappa shape index (κ1) is 22.3. The van der Waals surface area contributed by atoms with E-state index < -0.39 is 17.3 Å². The van der Waals surface area contributed by atoms with Gasteiger partial charge in [0.05, 0.1) is 29.8 Å². The van der Waals surface area contributed by atoms with Crippen molar-refractivity contribution in [3.8, 4) is 11.4 Å². The van der Waals surface area contributed by atoms with E-state index in [0.29, 0.717) is 48.5 Å². The van der Waals surface area contributed by atoms with Crippen molar-refractivity contribution < 1.29 is 14.3 Å². The van der Waals surface area contributed by atoms with Crippen molar-refractivity contribution in [3.05, 3.63) is 69.4 Å². The van der Waals surface area contributed by atoms with Crippen LogP contribution in [0.2, 0.25) is 0 Å². The van der Waals surface area contributed by atoms with Gasteiger partial charge in [0.25, 0.3) is 5.56 Å². The fourth-order valence-corrected chi connectivity index (χ4v) is 3.55. The maximum Gasteiger partial charge on any atom is 0.336 e. The van der Waals surface area contributed by atoms with Crippen LogP contribution in [0.5, 0.6) is 5.75 Å². The van der Waals surface area contributed by atoms with Crippen molar-refractivity contribution in [3.63, 3.8) is 0 Å². The smallest absolute Gasteiger partial charge is 0.336 e. The molecule has 3 aromatic rings. The number of hydrogen-bond acceptors (Lipinski definition) is 5. The maximum atomic E-state index is 13.5. The second-order valence-corrected chi connectivity index (χ2v) is 6.95. The number of carbonyl (C=O) groups excluding carboxylic acids is 1. The Bertz CT molecular complexity index is 1160. The second-order valence-electron chi connectivity index (χ2n) is 6.95. The molecular formula is C23H27N3O5. The van der Waals surface area contributed by atoms with Crippen LogP contribution >= 0.6 is 0 Å². The fraction of sp³-hybridized carbons (Fsp3) is 0.348. The van der Waals surface area contributed by atoms with E-state index in [0.717, 1.165) is 4.57 Å². The number of para-hydroxylation sites is 1. The second kappa shape index (κ2) is 10.1. The zero-order chi connectivity index (χ0) is 22.4. The van der Waals surface area contributed by atoms with Crippen LogP contribution in [0.25, 0.3) is 16.6 Å². The van der Waals surface area contributed by atoms with Gasteiger partial charge in [-0.25, -0.2) is 9.36 Å². The number of nitrogens with one attached hydrogen (secondary N) is 1. The van der Waals surface area contributed by atoms with Crippen molar-refractivity contribution in [2.24, 2.45) is 0 Å². The molecule has 31 heavy (non-hydrogen) atoms. The van der Waals surface area contributed by atoms with E-state index in [1.807, 2.05) is 13.8 Å². The van der Waals surface area contributed by atoms with Crippen LogP contribution in [0.3, 0.4) is 0 Å². The summed E-state index contributed by atoms with van der Waals surface area (Å²) in [6.45, 7) is 4.91. The van der Waals surface area contributed by atoms with Crippen molar-refractivity contribution in [2.45, 2.75) is 26.3 Å². The SMILES string of the molecule is CCOc1ccc(-n2c(=O)c3ccccc3n([C@H](CC)C(=O)NCCOC)c2=O)cc1. The average molecular weight is 425 g/mol. The Hall–Kier alpha value is -3.39. The molecule has 0 radical (unpaired) electrons. The van der Waals surface area contributed by atoms with Crippen LogP contribution in [0.1, 0.15) is 26.3 Å². The van der Waals surface area contributed by atoms with Crippen molar-refractivity contribution in [1.29, 1.82) is 0 Å². The van der Waals surface area contributed by atoms with E-state index in [4.69, 9.17) is 9.47 Å². The Morgan fingerprint density at radius 3 is 2.42 bits per heavy atom. The number of amides is 1. The summed E-state index contributed by atoms with van der Waals surface area (Å²) in [4.78, 5) is 39.6. The van der Waals surface area contributed by atoms with Gasteiger partial charge < -0.3 is 14.8 Å². The van der Waals surface area contributed by atoms with Gasteiger partial charge in [0.1, 0.15) is 11.8 Å². The van der Waals surface area contributed by atoms with E-state index >= 15 is 0 Å². The number of ether oxygens (including phenoxy) is 2. The molecule has 1 atom stereocenters. The minimum atomic E-state index is -0.774. The summed E-state index contributed by atoms with van der Waals surface area (Å²) in [5, 5.41) is 3.15. The molecule has 2 aromatic carbocycles. The topological polar surface area (TPSA) is 91.6 Å². The summed E-state index contributed by atoms with van der Waals surface area (Å²) in [7, 11) is 1.55. The Labute approximate surface area is 180 Å². The predicted octanol–water partition coefficient (Wildman–Crippen LogP) is 2.26. The van der Waals surface area contributed by atoms with Crippen molar-refractivity contribution >= 4 is 16.8 Å². The fourth-order valence-electron chi connectivity index (χ4n) is 3.55. The molecule has 8 nitrogen and oxygen atoms in total. The van der Waals surface area contributed by atoms with Crippen LogP contribution in [0.15, 0.2) is 58.1 Å². The Morgan fingerprint density at radius 2 is 1.77 bits per heavy atom. The molecular weight excluding hydrogens is 398 g/mol. The summed E-state index contributed by atoms with van der Waals surface area (Å²) in [6.07, 6.45) is 0.379. The highest BCUT2D eigenvalue weighted by atomic mass is 16.5. The highest BCUT2D eigenvalue weighted by molar-refractivity contribution is 5.84. The summed E-state index contributed by atoms with van der Waals surface area (Å²) in [6, 6.07) is 12.8. The highest BCUT2D eigenvalue weighted by Crippen LogP contribution is 2.19. The van der Waals surface area contributed by atoms with Crippen LogP contribution < -0.4 is 21.3 Å². The maximum absolute atomic E-state index is 13.5. The van der Waals surface area contributed by atoms with Gasteiger partial charge in [-0.05, 0) is 49.7 Å². The summed E-state index contributed by atoms with van der Waals surface area (Å²) in [5.41, 5.74) is -0.168. The third kappa shape index (κ3) is 4.54. The van der Waals surface area contributed by atoms with Crippen molar-refractivity contribution in [1.82, 2.24) is 14.5 Å². The summed E-state index contributed by atoms with van der Waals surface area (Å²) < 4.78 is 12.9. The number of aromatic nitrogens is 2. The van der Waals surface area contributed by atoms with E-state index in [-0.39, 0.29) is 5.91 Å². The number of hydrogen-bond donors (Lipinski definition) is 1. The molecule has 1 amide bonds. The largest absolute Gasteiger partial charge is 0.494 e. The van der Waals surface area contributed by atoms with E-state index in [2.05, 4.69) is 5.32 Å². The molecule has 1 heterocycles. The zero-order valence-corrected chi connectivity index (χ0v) is 18.0. The number of fused-ring (bicyclic) bond motifs is 1. The monoisotopic (exact) mass is 425 g/mol. The molecule has 1 aromatic heterocycles. The molecule has 0 fully saturated rings. The molecule has 3 rings (SSSR count). The van der Waals surface area contributed by atoms with E-state index in [1.54, 1.807) is 55.6 Å². The average Bonchev–Trinajstić information content (AvgIpc) is 2.78. The molecule has 0 spiro atoms. The Balaban J connectivity index is 2.20. The normalized spacial score (nSPS) is 12.0. The van der Waals surface area contributed by atoms with Gasteiger partial charge in [-0.3, -0.25) is 14.2 Å². The number of rotatable bonds is 9. The third-order valence-corrected chi connectivity index (χ3v) is 5.01. The lowest BCUT2D eigenvalue weighted by molar-refractivity contribution is -0.124. The van der Waals surface area contributed by atoms with Gasteiger partial charge in [-0.1, -0.05) is 19.1 Å². The standard InChI is InChI=1S/C23H27N3O5/c1-4-19(21(27)24-14-15-30-3)26-20-9-7-6-8-18(20)22(28)25(23(26)29)16-10-12-17(13-11-16)31-5-2/h6-13,19H,4-5,14-15H2,1-3H3,(H,24,27)/t19-/m1/s1. The molecule has 0 aliphatic rings. The number of benzene rings is 2. The Morgan fingerprint density at radius 1 is 1.06 bits per heavy atom. The molecule has 8 heteroatoms. The zero-order valence-electron chi connectivity index (χ0n) is 18.0. The first-order valence-corrected chi connectivity index (χ1v) is 10.3. The van der Waals surface area contributed by atoms with Crippen LogP contribution in [0.4, 0.5) is 0 Å². The summed E-state index contributed by atoms with van der Waals surface area (Å²) >= 11 is 0. The van der Waals surface area contributed by atoms with Crippen molar-refractivity contribution in [2.75, 3.05) is 26.9 Å². The minimum absolute atomic E-state index is 0.302. The van der Waals surface area contributed by atoms with Gasteiger partial charge in [0, 0.05) is 13.7 Å². The number of nitrogens with zero attached hydrogens (tertiary/aromatic N) is 2. The first-order valence-electron chi connectivity index (χ1n) is 10.3. The first-order chi connectivity index (χ1) is 15.0. The lowest BCUT2D eigenvalue weighted by atomic mass is 10.1. The van der Waals surface area contributed by atoms with Crippen LogP contribution in [-0.4, -0.2) is 41.9 Å². The number of methoxy groups -OCH3 is 1. The van der Waals surface area contributed by atoms with Gasteiger partial charge in [-0.15, -0.1) is 0 Å². The van der Waals surface area contributed by atoms with E-state index in [1.165, 1.54) is 4.57 Å². The lowest BCUT2D eigenvalue weighted by Gasteiger charge is -2.21.